The van der Waals surface area contributed by atoms with Crippen molar-refractivity contribution in [1.29, 1.82) is 0 Å². The van der Waals surface area contributed by atoms with Crippen molar-refractivity contribution in [2.75, 3.05) is 0 Å². The van der Waals surface area contributed by atoms with Crippen molar-refractivity contribution >= 4 is 15.9 Å². The molecule has 0 aliphatic rings. The standard InChI is InChI=1S/C12H15BrF2/c1-3-8-5-6-9(4-2)10(7-8)11(13)12(14)15/h5-7,11-12H,3-4H2,1-2H3. The first kappa shape index (κ1) is 12.6. The largest absolute Gasteiger partial charge is 0.255 e. The summed E-state index contributed by atoms with van der Waals surface area (Å²) in [6.07, 6.45) is -0.698. The number of benzene rings is 1. The van der Waals surface area contributed by atoms with Gasteiger partial charge in [0.25, 0.3) is 6.43 Å². The lowest BCUT2D eigenvalue weighted by atomic mass is 9.98. The Hall–Kier alpha value is -0.440. The Bertz CT molecular complexity index is 323. The average Bonchev–Trinajstić information content (AvgIpc) is 2.27. The quantitative estimate of drug-likeness (QED) is 0.710. The molecule has 1 unspecified atom stereocenters. The zero-order valence-electron chi connectivity index (χ0n) is 8.93. The van der Waals surface area contributed by atoms with E-state index in [2.05, 4.69) is 15.9 Å². The highest BCUT2D eigenvalue weighted by Crippen LogP contribution is 2.32. The summed E-state index contributed by atoms with van der Waals surface area (Å²) < 4.78 is 25.2. The van der Waals surface area contributed by atoms with Gasteiger partial charge in [0.2, 0.25) is 0 Å². The van der Waals surface area contributed by atoms with Gasteiger partial charge in [0.1, 0.15) is 4.83 Å². The first-order valence-corrected chi connectivity index (χ1v) is 6.05. The van der Waals surface area contributed by atoms with Gasteiger partial charge in [-0.15, -0.1) is 0 Å². The van der Waals surface area contributed by atoms with Crippen molar-refractivity contribution in [3.63, 3.8) is 0 Å². The molecule has 1 aromatic rings. The van der Waals surface area contributed by atoms with E-state index >= 15 is 0 Å². The van der Waals surface area contributed by atoms with Crippen molar-refractivity contribution < 1.29 is 8.78 Å². The first-order chi connectivity index (χ1) is 7.10. The number of halogens is 3. The van der Waals surface area contributed by atoms with Gasteiger partial charge in [-0.25, -0.2) is 8.78 Å². The smallest absolute Gasteiger partial charge is 0.209 e. The van der Waals surface area contributed by atoms with Gasteiger partial charge in [0.15, 0.2) is 0 Å². The van der Waals surface area contributed by atoms with E-state index in [9.17, 15) is 8.78 Å². The lowest BCUT2D eigenvalue weighted by Gasteiger charge is -2.14. The highest BCUT2D eigenvalue weighted by Gasteiger charge is 2.21. The third kappa shape index (κ3) is 3.00. The second-order valence-electron chi connectivity index (χ2n) is 3.48. The summed E-state index contributed by atoms with van der Waals surface area (Å²) in [5.41, 5.74) is 2.83. The molecule has 0 aliphatic heterocycles. The van der Waals surface area contributed by atoms with Gasteiger partial charge in [-0.3, -0.25) is 0 Å². The Morgan fingerprint density at radius 2 is 1.87 bits per heavy atom. The van der Waals surface area contributed by atoms with E-state index in [1.807, 2.05) is 32.0 Å². The molecule has 1 rings (SSSR count). The zero-order valence-corrected chi connectivity index (χ0v) is 10.5. The Morgan fingerprint density at radius 1 is 1.20 bits per heavy atom. The summed E-state index contributed by atoms with van der Waals surface area (Å²) in [4.78, 5) is -0.848. The van der Waals surface area contributed by atoms with Gasteiger partial charge in [-0.1, -0.05) is 48.0 Å². The van der Waals surface area contributed by atoms with E-state index in [0.717, 1.165) is 29.5 Å². The molecule has 0 aromatic heterocycles. The number of aryl methyl sites for hydroxylation is 2. The topological polar surface area (TPSA) is 0 Å². The third-order valence-corrected chi connectivity index (χ3v) is 3.41. The number of alkyl halides is 3. The maximum Gasteiger partial charge on any atom is 0.255 e. The molecule has 0 heterocycles. The molecule has 0 amide bonds. The summed E-state index contributed by atoms with van der Waals surface area (Å²) in [5, 5.41) is 0. The van der Waals surface area contributed by atoms with Crippen LogP contribution in [0.2, 0.25) is 0 Å². The minimum atomic E-state index is -2.36. The summed E-state index contributed by atoms with van der Waals surface area (Å²) in [5.74, 6) is 0. The number of hydrogen-bond acceptors (Lipinski definition) is 0. The maximum absolute atomic E-state index is 12.6. The van der Waals surface area contributed by atoms with Crippen molar-refractivity contribution in [1.82, 2.24) is 0 Å². The molecule has 3 heteroatoms. The molecule has 0 spiro atoms. The lowest BCUT2D eigenvalue weighted by molar-refractivity contribution is 0.147. The molecule has 15 heavy (non-hydrogen) atoms. The molecule has 0 N–H and O–H groups in total. The van der Waals surface area contributed by atoms with Crippen molar-refractivity contribution in [2.45, 2.75) is 37.9 Å². The first-order valence-electron chi connectivity index (χ1n) is 5.14. The zero-order chi connectivity index (χ0) is 11.4. The molecule has 1 atom stereocenters. The fourth-order valence-corrected chi connectivity index (χ4v) is 2.00. The van der Waals surface area contributed by atoms with Crippen LogP contribution in [0.5, 0.6) is 0 Å². The van der Waals surface area contributed by atoms with Crippen LogP contribution in [-0.2, 0) is 12.8 Å². The molecule has 0 bridgehead atoms. The van der Waals surface area contributed by atoms with Crippen LogP contribution < -0.4 is 0 Å². The van der Waals surface area contributed by atoms with Gasteiger partial charge < -0.3 is 0 Å². The summed E-state index contributed by atoms with van der Waals surface area (Å²) in [6, 6.07) is 5.84. The van der Waals surface area contributed by atoms with Crippen LogP contribution in [0.1, 0.15) is 35.4 Å². The van der Waals surface area contributed by atoms with Crippen molar-refractivity contribution in [3.05, 3.63) is 34.9 Å². The van der Waals surface area contributed by atoms with Crippen LogP contribution in [-0.4, -0.2) is 6.43 Å². The molecule has 0 fully saturated rings. The summed E-state index contributed by atoms with van der Waals surface area (Å²) in [7, 11) is 0. The van der Waals surface area contributed by atoms with Gasteiger partial charge in [0.05, 0.1) is 0 Å². The maximum atomic E-state index is 12.6. The summed E-state index contributed by atoms with van der Waals surface area (Å²) >= 11 is 3.06. The fourth-order valence-electron chi connectivity index (χ4n) is 1.58. The van der Waals surface area contributed by atoms with Crippen molar-refractivity contribution in [2.24, 2.45) is 0 Å². The molecule has 0 radical (unpaired) electrons. The lowest BCUT2D eigenvalue weighted by Crippen LogP contribution is -2.05. The number of hydrogen-bond donors (Lipinski definition) is 0. The molecular formula is C12H15BrF2. The van der Waals surface area contributed by atoms with Crippen LogP contribution in [0.25, 0.3) is 0 Å². The molecular weight excluding hydrogens is 262 g/mol. The number of rotatable bonds is 4. The fraction of sp³-hybridized carbons (Fsp3) is 0.500. The Balaban J connectivity index is 3.11. The van der Waals surface area contributed by atoms with Crippen molar-refractivity contribution in [3.8, 4) is 0 Å². The second kappa shape index (κ2) is 5.59. The third-order valence-electron chi connectivity index (χ3n) is 2.52. The van der Waals surface area contributed by atoms with Gasteiger partial charge >= 0.3 is 0 Å². The van der Waals surface area contributed by atoms with E-state index in [1.165, 1.54) is 0 Å². The Kier molecular flexibility index (Phi) is 4.71. The predicted molar refractivity (Wildman–Crippen MR) is 62.9 cm³/mol. The van der Waals surface area contributed by atoms with E-state index in [0.29, 0.717) is 0 Å². The van der Waals surface area contributed by atoms with Gasteiger partial charge in [-0.05, 0) is 29.5 Å². The minimum absolute atomic E-state index is 0.729. The minimum Gasteiger partial charge on any atom is -0.209 e. The van der Waals surface area contributed by atoms with E-state index < -0.39 is 11.3 Å². The van der Waals surface area contributed by atoms with Crippen LogP contribution in [0.3, 0.4) is 0 Å². The summed E-state index contributed by atoms with van der Waals surface area (Å²) in [6.45, 7) is 4.01. The molecule has 1 aromatic carbocycles. The molecule has 0 saturated carbocycles. The molecule has 0 aliphatic carbocycles. The normalized spacial score (nSPS) is 13.2. The SMILES string of the molecule is CCc1ccc(CC)c(C(Br)C(F)F)c1. The van der Waals surface area contributed by atoms with E-state index in [1.54, 1.807) is 0 Å². The van der Waals surface area contributed by atoms with Gasteiger partial charge in [0, 0.05) is 0 Å². The Morgan fingerprint density at radius 3 is 2.33 bits per heavy atom. The molecule has 0 saturated heterocycles. The monoisotopic (exact) mass is 276 g/mol. The van der Waals surface area contributed by atoms with Gasteiger partial charge in [-0.2, -0.15) is 0 Å². The average molecular weight is 277 g/mol. The van der Waals surface area contributed by atoms with Crippen LogP contribution in [0.15, 0.2) is 18.2 Å². The Labute approximate surface area is 97.8 Å². The molecule has 0 nitrogen and oxygen atoms in total. The van der Waals surface area contributed by atoms with Crippen LogP contribution >= 0.6 is 15.9 Å². The second-order valence-corrected chi connectivity index (χ2v) is 4.46. The molecule has 84 valence electrons. The highest BCUT2D eigenvalue weighted by molar-refractivity contribution is 9.09. The highest BCUT2D eigenvalue weighted by atomic mass is 79.9. The van der Waals surface area contributed by atoms with E-state index in [4.69, 9.17) is 0 Å². The van der Waals surface area contributed by atoms with Crippen LogP contribution in [0.4, 0.5) is 8.78 Å². The van der Waals surface area contributed by atoms with E-state index in [-0.39, 0.29) is 0 Å². The van der Waals surface area contributed by atoms with Crippen LogP contribution in [0, 0.1) is 0 Å². The predicted octanol–water partition coefficient (Wildman–Crippen LogP) is 4.51.